The van der Waals surface area contributed by atoms with Crippen LogP contribution in [0.4, 0.5) is 0 Å². The van der Waals surface area contributed by atoms with Crippen LogP contribution in [0.2, 0.25) is 20.1 Å². The Morgan fingerprint density at radius 3 is 2.37 bits per heavy atom. The van der Waals surface area contributed by atoms with Crippen LogP contribution in [0.25, 0.3) is 11.0 Å². The van der Waals surface area contributed by atoms with E-state index in [1.807, 2.05) is 45.9 Å². The number of aromatic nitrogens is 2. The molecule has 1 atom stereocenters. The van der Waals surface area contributed by atoms with E-state index >= 15 is 0 Å². The van der Waals surface area contributed by atoms with Gasteiger partial charge in [-0.1, -0.05) is 69.8 Å². The van der Waals surface area contributed by atoms with Gasteiger partial charge in [0.25, 0.3) is 5.91 Å². The number of rotatable bonds is 11. The Kier molecular flexibility index (Phi) is 10.3. The molecule has 6 rings (SSSR count). The summed E-state index contributed by atoms with van der Waals surface area (Å²) in [6.45, 7) is 2.76. The summed E-state index contributed by atoms with van der Waals surface area (Å²) in [6, 6.07) is 18.6. The summed E-state index contributed by atoms with van der Waals surface area (Å²) in [6.07, 6.45) is 4.26. The molecule has 2 heterocycles. The lowest BCUT2D eigenvalue weighted by atomic mass is 9.89. The number of fused-ring (bicyclic) bond motifs is 1. The van der Waals surface area contributed by atoms with Crippen LogP contribution in [0.15, 0.2) is 70.6 Å². The first kappa shape index (κ1) is 32.9. The number of hydrogen-bond donors (Lipinski definition) is 1. The molecule has 2 aliphatic rings. The number of piperidine rings is 1. The minimum Gasteiger partial charge on any atom is -0.399 e. The normalized spacial score (nSPS) is 16.9. The number of para-hydroxylation sites is 2. The minimum absolute atomic E-state index is 0.0606. The van der Waals surface area contributed by atoms with Crippen molar-refractivity contribution in [3.05, 3.63) is 102 Å². The number of carbonyl (C=O) groups excluding carboxylic acids is 1. The Balaban J connectivity index is 1.21. The molecule has 1 N–H and O–H groups in total. The fourth-order valence-electron chi connectivity index (χ4n) is 6.49. The maximum Gasteiger partial charge on any atom is 0.326 e. The molecule has 0 unspecified atom stereocenters. The number of halogens is 4. The fourth-order valence-corrected chi connectivity index (χ4v) is 7.33. The Labute approximate surface area is 287 Å². The van der Waals surface area contributed by atoms with E-state index in [0.717, 1.165) is 67.6 Å². The van der Waals surface area contributed by atoms with Crippen molar-refractivity contribution in [1.82, 2.24) is 19.4 Å². The van der Waals surface area contributed by atoms with Crippen molar-refractivity contribution in [1.29, 1.82) is 0 Å². The summed E-state index contributed by atoms with van der Waals surface area (Å²) in [5.74, 6) is -0.348. The number of H-pyrrole nitrogens is 1. The van der Waals surface area contributed by atoms with Crippen LogP contribution in [-0.2, 0) is 4.84 Å². The molecule has 1 aromatic heterocycles. The van der Waals surface area contributed by atoms with Gasteiger partial charge in [0.1, 0.15) is 7.11 Å². The summed E-state index contributed by atoms with van der Waals surface area (Å²) in [5.41, 5.74) is 3.84. The molecule has 2 fully saturated rings. The van der Waals surface area contributed by atoms with Gasteiger partial charge < -0.3 is 19.6 Å². The summed E-state index contributed by atoms with van der Waals surface area (Å²) < 4.78 is 1.91. The van der Waals surface area contributed by atoms with Crippen molar-refractivity contribution in [2.45, 2.75) is 50.1 Å². The summed E-state index contributed by atoms with van der Waals surface area (Å²) in [5, 5.41) is 6.23. The lowest BCUT2D eigenvalue weighted by Gasteiger charge is -2.34. The van der Waals surface area contributed by atoms with E-state index in [1.165, 1.54) is 7.11 Å². The van der Waals surface area contributed by atoms with Gasteiger partial charge in [0.2, 0.25) is 0 Å². The van der Waals surface area contributed by atoms with Gasteiger partial charge in [-0.2, -0.15) is 0 Å². The number of oxime groups is 1. The van der Waals surface area contributed by atoms with Gasteiger partial charge in [-0.25, -0.2) is 4.79 Å². The first-order valence-electron chi connectivity index (χ1n) is 15.5. The number of nitrogens with one attached hydrogen (secondary N) is 1. The van der Waals surface area contributed by atoms with E-state index in [2.05, 4.69) is 15.0 Å². The van der Waals surface area contributed by atoms with Gasteiger partial charge in [0, 0.05) is 46.7 Å². The largest absolute Gasteiger partial charge is 0.399 e. The highest BCUT2D eigenvalue weighted by Gasteiger charge is 2.36. The highest BCUT2D eigenvalue weighted by Crippen LogP contribution is 2.34. The smallest absolute Gasteiger partial charge is 0.326 e. The number of hydrogen-bond acceptors (Lipinski definition) is 5. The van der Waals surface area contributed by atoms with Gasteiger partial charge in [-0.05, 0) is 86.7 Å². The van der Waals surface area contributed by atoms with Gasteiger partial charge in [0.15, 0.2) is 0 Å². The van der Waals surface area contributed by atoms with Crippen molar-refractivity contribution in [2.24, 2.45) is 5.16 Å². The third-order valence-electron chi connectivity index (χ3n) is 8.93. The zero-order chi connectivity index (χ0) is 32.4. The number of imidazole rings is 1. The predicted molar refractivity (Wildman–Crippen MR) is 186 cm³/mol. The number of amides is 1. The number of carbonyl (C=O) groups is 1. The standard InChI is InChI=1S/C34H35Cl4N5O3/c1-46-40-31(20-42(25-7-8-25)33(44)22-16-23(35)19-24(36)17-22)27(21-6-9-28(37)29(38)18-21)12-15-41-13-10-26(11-14-41)43-32-5-3-2-4-30(32)39-34(43)45/h2-6,9,16-19,25-27H,7-8,10-15,20H2,1H3,(H,39,45)/b40-31-/t27-/m1/s1. The molecule has 3 aromatic carbocycles. The molecule has 0 bridgehead atoms. The van der Waals surface area contributed by atoms with Gasteiger partial charge in [-0.3, -0.25) is 9.36 Å². The van der Waals surface area contributed by atoms with E-state index in [-0.39, 0.29) is 36.1 Å². The SMILES string of the molecule is CO/N=C(/CN(C(=O)c1cc(Cl)cc(Cl)c1)C1CC1)[C@H](CCN1CCC(n2c(=O)[nH]c3ccccc32)CC1)c1ccc(Cl)c(Cl)c1. The second-order valence-electron chi connectivity index (χ2n) is 12.0. The molecule has 12 heteroatoms. The van der Waals surface area contributed by atoms with E-state index in [1.54, 1.807) is 24.3 Å². The Morgan fingerprint density at radius 2 is 1.70 bits per heavy atom. The van der Waals surface area contributed by atoms with E-state index in [9.17, 15) is 9.59 Å². The Hall–Kier alpha value is -3.01. The summed E-state index contributed by atoms with van der Waals surface area (Å²) >= 11 is 25.3. The third-order valence-corrected chi connectivity index (χ3v) is 10.1. The molecular formula is C34H35Cl4N5O3. The summed E-state index contributed by atoms with van der Waals surface area (Å²) in [7, 11) is 1.52. The number of nitrogens with zero attached hydrogens (tertiary/aromatic N) is 4. The van der Waals surface area contributed by atoms with Crippen molar-refractivity contribution in [3.8, 4) is 0 Å². The van der Waals surface area contributed by atoms with Crippen LogP contribution in [0.3, 0.4) is 0 Å². The van der Waals surface area contributed by atoms with Crippen molar-refractivity contribution in [3.63, 3.8) is 0 Å². The van der Waals surface area contributed by atoms with Gasteiger partial charge in [-0.15, -0.1) is 0 Å². The average molecular weight is 703 g/mol. The van der Waals surface area contributed by atoms with Crippen LogP contribution in [-0.4, -0.2) is 70.3 Å². The minimum atomic E-state index is -0.194. The van der Waals surface area contributed by atoms with Crippen LogP contribution in [0.1, 0.15) is 60.0 Å². The van der Waals surface area contributed by atoms with E-state index in [0.29, 0.717) is 32.1 Å². The third kappa shape index (κ3) is 7.42. The molecule has 46 heavy (non-hydrogen) atoms. The molecule has 1 aliphatic carbocycles. The first-order chi connectivity index (χ1) is 22.2. The number of benzene rings is 3. The molecule has 1 amide bonds. The molecule has 0 spiro atoms. The van der Waals surface area contributed by atoms with Gasteiger partial charge >= 0.3 is 5.69 Å². The molecule has 1 saturated heterocycles. The second-order valence-corrected chi connectivity index (χ2v) is 13.7. The maximum absolute atomic E-state index is 13.8. The molecule has 8 nitrogen and oxygen atoms in total. The predicted octanol–water partition coefficient (Wildman–Crippen LogP) is 8.06. The Bertz CT molecular complexity index is 1790. The van der Waals surface area contributed by atoms with Crippen molar-refractivity contribution in [2.75, 3.05) is 33.3 Å². The quantitative estimate of drug-likeness (QED) is 0.127. The second kappa shape index (κ2) is 14.4. The highest BCUT2D eigenvalue weighted by molar-refractivity contribution is 6.42. The zero-order valence-corrected chi connectivity index (χ0v) is 28.4. The van der Waals surface area contributed by atoms with Crippen molar-refractivity contribution >= 4 is 69.1 Å². The van der Waals surface area contributed by atoms with E-state index < -0.39 is 0 Å². The molecular weight excluding hydrogens is 668 g/mol. The molecule has 1 saturated carbocycles. The first-order valence-corrected chi connectivity index (χ1v) is 17.0. The van der Waals surface area contributed by atoms with E-state index in [4.69, 9.17) is 51.2 Å². The number of likely N-dealkylation sites (tertiary alicyclic amines) is 1. The van der Waals surface area contributed by atoms with Crippen LogP contribution in [0, 0.1) is 0 Å². The Morgan fingerprint density at radius 1 is 0.978 bits per heavy atom. The number of aromatic amines is 1. The maximum atomic E-state index is 13.8. The molecule has 242 valence electrons. The van der Waals surface area contributed by atoms with Crippen LogP contribution in [0.5, 0.6) is 0 Å². The topological polar surface area (TPSA) is 82.9 Å². The average Bonchev–Trinajstić information content (AvgIpc) is 3.82. The van der Waals surface area contributed by atoms with Crippen molar-refractivity contribution < 1.29 is 9.63 Å². The highest BCUT2D eigenvalue weighted by atomic mass is 35.5. The lowest BCUT2D eigenvalue weighted by Crippen LogP contribution is -2.41. The summed E-state index contributed by atoms with van der Waals surface area (Å²) in [4.78, 5) is 39.2. The van der Waals surface area contributed by atoms with Gasteiger partial charge in [0.05, 0.1) is 33.3 Å². The lowest BCUT2D eigenvalue weighted by molar-refractivity contribution is 0.0765. The van der Waals surface area contributed by atoms with Crippen LogP contribution < -0.4 is 5.69 Å². The van der Waals surface area contributed by atoms with Crippen LogP contribution >= 0.6 is 46.4 Å². The molecule has 0 radical (unpaired) electrons. The zero-order valence-electron chi connectivity index (χ0n) is 25.4. The molecule has 1 aliphatic heterocycles. The fraction of sp³-hybridized carbons (Fsp3) is 0.382. The molecule has 4 aromatic rings. The monoisotopic (exact) mass is 701 g/mol.